The van der Waals surface area contributed by atoms with E-state index in [0.29, 0.717) is 6.10 Å². The molecule has 0 unspecified atom stereocenters. The average Bonchev–Trinajstić information content (AvgIpc) is 2.34. The number of methoxy groups -OCH3 is 1. The number of likely N-dealkylation sites (N-methyl/N-ethyl adjacent to an activating group) is 1. The zero-order valence-corrected chi connectivity index (χ0v) is 11.5. The van der Waals surface area contributed by atoms with Crippen molar-refractivity contribution >= 4 is 0 Å². The first kappa shape index (κ1) is 13.3. The van der Waals surface area contributed by atoms with E-state index in [9.17, 15) is 0 Å². The number of hydrogen-bond acceptors (Lipinski definition) is 3. The summed E-state index contributed by atoms with van der Waals surface area (Å²) in [5.41, 5.74) is 6.32. The fraction of sp³-hybridized carbons (Fsp3) is 1.00. The van der Waals surface area contributed by atoms with Gasteiger partial charge in [-0.2, -0.15) is 0 Å². The first-order valence-electron chi connectivity index (χ1n) is 7.25. The molecule has 2 aliphatic carbocycles. The van der Waals surface area contributed by atoms with Crippen LogP contribution in [-0.4, -0.2) is 42.8 Å². The molecule has 2 fully saturated rings. The minimum atomic E-state index is 0.247. The van der Waals surface area contributed by atoms with Crippen molar-refractivity contribution in [2.75, 3.05) is 20.2 Å². The molecule has 100 valence electrons. The fourth-order valence-electron chi connectivity index (χ4n) is 3.85. The van der Waals surface area contributed by atoms with E-state index >= 15 is 0 Å². The minimum Gasteiger partial charge on any atom is -0.381 e. The molecule has 2 N–H and O–H groups in total. The van der Waals surface area contributed by atoms with Crippen molar-refractivity contribution in [3.8, 4) is 0 Å². The molecule has 0 aromatic carbocycles. The minimum absolute atomic E-state index is 0.247. The maximum Gasteiger partial charge on any atom is 0.0607 e. The van der Waals surface area contributed by atoms with Gasteiger partial charge in [-0.1, -0.05) is 26.2 Å². The monoisotopic (exact) mass is 240 g/mol. The maximum atomic E-state index is 6.07. The second-order valence-corrected chi connectivity index (χ2v) is 5.77. The largest absolute Gasteiger partial charge is 0.381 e. The SMILES string of the molecule is CCN(C1CCCCC1)C1(CN)CC(OC)C1. The predicted molar refractivity (Wildman–Crippen MR) is 71.1 cm³/mol. The van der Waals surface area contributed by atoms with Crippen molar-refractivity contribution in [2.45, 2.75) is 69.6 Å². The van der Waals surface area contributed by atoms with Gasteiger partial charge in [-0.15, -0.1) is 0 Å². The summed E-state index contributed by atoms with van der Waals surface area (Å²) in [6.45, 7) is 4.21. The predicted octanol–water partition coefficient (Wildman–Crippen LogP) is 2.15. The molecule has 2 rings (SSSR count). The lowest BCUT2D eigenvalue weighted by Crippen LogP contribution is -2.66. The quantitative estimate of drug-likeness (QED) is 0.800. The summed E-state index contributed by atoms with van der Waals surface area (Å²) < 4.78 is 5.44. The summed E-state index contributed by atoms with van der Waals surface area (Å²) in [4.78, 5) is 2.70. The van der Waals surface area contributed by atoms with E-state index in [4.69, 9.17) is 10.5 Å². The molecule has 17 heavy (non-hydrogen) atoms. The Hall–Kier alpha value is -0.120. The normalized spacial score (nSPS) is 34.9. The van der Waals surface area contributed by atoms with Crippen LogP contribution in [0.4, 0.5) is 0 Å². The highest BCUT2D eigenvalue weighted by Crippen LogP contribution is 2.41. The van der Waals surface area contributed by atoms with Crippen LogP contribution in [0.3, 0.4) is 0 Å². The number of rotatable bonds is 5. The van der Waals surface area contributed by atoms with E-state index in [2.05, 4.69) is 11.8 Å². The summed E-state index contributed by atoms with van der Waals surface area (Å²) in [7, 11) is 1.82. The molecule has 0 radical (unpaired) electrons. The molecule has 0 amide bonds. The molecule has 0 aromatic heterocycles. The lowest BCUT2D eigenvalue weighted by Gasteiger charge is -2.56. The van der Waals surface area contributed by atoms with Crippen molar-refractivity contribution in [3.63, 3.8) is 0 Å². The molecule has 2 aliphatic rings. The van der Waals surface area contributed by atoms with E-state index in [-0.39, 0.29) is 5.54 Å². The van der Waals surface area contributed by atoms with Crippen LogP contribution in [-0.2, 0) is 4.74 Å². The van der Waals surface area contributed by atoms with Gasteiger partial charge in [-0.3, -0.25) is 4.90 Å². The van der Waals surface area contributed by atoms with Crippen molar-refractivity contribution in [1.82, 2.24) is 4.90 Å². The molecular formula is C14H28N2O. The molecule has 2 saturated carbocycles. The standard InChI is InChI=1S/C14H28N2O/c1-3-16(12-7-5-4-6-8-12)14(11-15)9-13(10-14)17-2/h12-13H,3-11,15H2,1-2H3. The van der Waals surface area contributed by atoms with Crippen molar-refractivity contribution in [3.05, 3.63) is 0 Å². The fourth-order valence-corrected chi connectivity index (χ4v) is 3.85. The first-order valence-corrected chi connectivity index (χ1v) is 7.25. The van der Waals surface area contributed by atoms with Gasteiger partial charge in [0.2, 0.25) is 0 Å². The highest BCUT2D eigenvalue weighted by Gasteiger charge is 2.49. The molecule has 0 saturated heterocycles. The van der Waals surface area contributed by atoms with Crippen LogP contribution in [0.2, 0.25) is 0 Å². The van der Waals surface area contributed by atoms with Crippen LogP contribution in [0, 0.1) is 0 Å². The smallest absolute Gasteiger partial charge is 0.0607 e. The van der Waals surface area contributed by atoms with Gasteiger partial charge in [-0.05, 0) is 32.2 Å². The molecule has 0 aromatic rings. The lowest BCUT2D eigenvalue weighted by molar-refractivity contribution is -0.105. The molecular weight excluding hydrogens is 212 g/mol. The van der Waals surface area contributed by atoms with Gasteiger partial charge >= 0.3 is 0 Å². The molecule has 0 aliphatic heterocycles. The summed E-state index contributed by atoms with van der Waals surface area (Å²) >= 11 is 0. The third kappa shape index (κ3) is 2.51. The lowest BCUT2D eigenvalue weighted by atomic mass is 9.71. The molecule has 3 nitrogen and oxygen atoms in total. The van der Waals surface area contributed by atoms with E-state index in [1.54, 1.807) is 0 Å². The summed E-state index contributed by atoms with van der Waals surface area (Å²) in [6, 6.07) is 0.773. The molecule has 0 spiro atoms. The highest BCUT2D eigenvalue weighted by atomic mass is 16.5. The summed E-state index contributed by atoms with van der Waals surface area (Å²) in [5.74, 6) is 0. The molecule has 0 bridgehead atoms. The topological polar surface area (TPSA) is 38.5 Å². The van der Waals surface area contributed by atoms with Crippen LogP contribution in [0.1, 0.15) is 51.9 Å². The number of nitrogens with zero attached hydrogens (tertiary/aromatic N) is 1. The van der Waals surface area contributed by atoms with Crippen LogP contribution in [0.5, 0.6) is 0 Å². The number of hydrogen-bond donors (Lipinski definition) is 1. The van der Waals surface area contributed by atoms with Gasteiger partial charge in [0, 0.05) is 25.2 Å². The summed E-state index contributed by atoms with van der Waals surface area (Å²) in [6.07, 6.45) is 9.65. The maximum absolute atomic E-state index is 6.07. The molecule has 3 heteroatoms. The van der Waals surface area contributed by atoms with Gasteiger partial charge in [0.15, 0.2) is 0 Å². The van der Waals surface area contributed by atoms with Crippen molar-refractivity contribution in [2.24, 2.45) is 5.73 Å². The van der Waals surface area contributed by atoms with E-state index in [1.165, 1.54) is 32.1 Å². The van der Waals surface area contributed by atoms with Crippen LogP contribution < -0.4 is 5.73 Å². The second kappa shape index (κ2) is 5.68. The molecule has 0 heterocycles. The zero-order chi connectivity index (χ0) is 12.3. The third-order valence-corrected chi connectivity index (χ3v) is 4.89. The average molecular weight is 240 g/mol. The number of ether oxygens (including phenoxy) is 1. The Morgan fingerprint density at radius 1 is 1.24 bits per heavy atom. The highest BCUT2D eigenvalue weighted by molar-refractivity contribution is 5.06. The van der Waals surface area contributed by atoms with Crippen LogP contribution in [0.15, 0.2) is 0 Å². The van der Waals surface area contributed by atoms with Crippen molar-refractivity contribution in [1.29, 1.82) is 0 Å². The molecule has 0 atom stereocenters. The van der Waals surface area contributed by atoms with Crippen LogP contribution in [0.25, 0.3) is 0 Å². The van der Waals surface area contributed by atoms with Crippen LogP contribution >= 0.6 is 0 Å². The summed E-state index contributed by atoms with van der Waals surface area (Å²) in [5, 5.41) is 0. The Labute approximate surface area is 106 Å². The Kier molecular flexibility index (Phi) is 4.45. The van der Waals surface area contributed by atoms with E-state index < -0.39 is 0 Å². The number of nitrogens with two attached hydrogens (primary N) is 1. The van der Waals surface area contributed by atoms with Gasteiger partial charge in [0.05, 0.1) is 6.10 Å². The first-order chi connectivity index (χ1) is 8.25. The Morgan fingerprint density at radius 3 is 2.35 bits per heavy atom. The van der Waals surface area contributed by atoms with Gasteiger partial charge in [-0.25, -0.2) is 0 Å². The zero-order valence-electron chi connectivity index (χ0n) is 11.5. The van der Waals surface area contributed by atoms with E-state index in [1.807, 2.05) is 7.11 Å². The van der Waals surface area contributed by atoms with Gasteiger partial charge in [0.25, 0.3) is 0 Å². The third-order valence-electron chi connectivity index (χ3n) is 4.89. The second-order valence-electron chi connectivity index (χ2n) is 5.77. The Balaban J connectivity index is 2.00. The Morgan fingerprint density at radius 2 is 1.88 bits per heavy atom. The van der Waals surface area contributed by atoms with E-state index in [0.717, 1.165) is 32.0 Å². The van der Waals surface area contributed by atoms with Gasteiger partial charge in [0.1, 0.15) is 0 Å². The Bertz CT molecular complexity index is 232. The van der Waals surface area contributed by atoms with Gasteiger partial charge < -0.3 is 10.5 Å². The van der Waals surface area contributed by atoms with Crippen molar-refractivity contribution < 1.29 is 4.74 Å².